The first-order valence-electron chi connectivity index (χ1n) is 6.69. The predicted octanol–water partition coefficient (Wildman–Crippen LogP) is 4.35. The van der Waals surface area contributed by atoms with Gasteiger partial charge in [-0.05, 0) is 42.0 Å². The normalized spacial score (nSPS) is 15.5. The van der Waals surface area contributed by atoms with Crippen LogP contribution in [0.1, 0.15) is 11.1 Å². The van der Waals surface area contributed by atoms with Crippen molar-refractivity contribution < 1.29 is 14.3 Å². The standard InChI is InChI=1S/C17H11Cl2NO3/c1-22-12-4-2-3-11(9-12)16-20-15(17(21)23-16)8-10-5-6-13(18)14(19)7-10/h2-9H,1H3/b15-8+. The van der Waals surface area contributed by atoms with Crippen LogP contribution in [0.15, 0.2) is 53.2 Å². The first-order chi connectivity index (χ1) is 11.1. The summed E-state index contributed by atoms with van der Waals surface area (Å²) in [5, 5.41) is 0.854. The van der Waals surface area contributed by atoms with Crippen LogP contribution in [0.25, 0.3) is 6.08 Å². The highest BCUT2D eigenvalue weighted by Gasteiger charge is 2.24. The van der Waals surface area contributed by atoms with Crippen molar-refractivity contribution in [3.8, 4) is 5.75 Å². The summed E-state index contributed by atoms with van der Waals surface area (Å²) >= 11 is 11.8. The van der Waals surface area contributed by atoms with Gasteiger partial charge in [0.25, 0.3) is 0 Å². The molecule has 0 atom stereocenters. The van der Waals surface area contributed by atoms with Crippen LogP contribution in [0.3, 0.4) is 0 Å². The Morgan fingerprint density at radius 1 is 1.13 bits per heavy atom. The second kappa shape index (κ2) is 6.44. The first kappa shape index (κ1) is 15.6. The van der Waals surface area contributed by atoms with E-state index in [9.17, 15) is 4.79 Å². The highest BCUT2D eigenvalue weighted by molar-refractivity contribution is 6.42. The van der Waals surface area contributed by atoms with E-state index in [4.69, 9.17) is 32.7 Å². The van der Waals surface area contributed by atoms with Gasteiger partial charge in [0.05, 0.1) is 17.2 Å². The van der Waals surface area contributed by atoms with Crippen LogP contribution in [-0.4, -0.2) is 19.0 Å². The Morgan fingerprint density at radius 2 is 1.96 bits per heavy atom. The zero-order chi connectivity index (χ0) is 16.4. The lowest BCUT2D eigenvalue weighted by Gasteiger charge is -2.02. The summed E-state index contributed by atoms with van der Waals surface area (Å²) in [5.74, 6) is 0.372. The molecule has 1 heterocycles. The molecule has 0 saturated heterocycles. The fraction of sp³-hybridized carbons (Fsp3) is 0.0588. The zero-order valence-corrected chi connectivity index (χ0v) is 13.6. The Labute approximate surface area is 143 Å². The maximum absolute atomic E-state index is 12.0. The number of carbonyl (C=O) groups is 1. The summed E-state index contributed by atoms with van der Waals surface area (Å²) in [7, 11) is 1.57. The fourth-order valence-corrected chi connectivity index (χ4v) is 2.36. The van der Waals surface area contributed by atoms with Gasteiger partial charge >= 0.3 is 5.97 Å². The van der Waals surface area contributed by atoms with Crippen LogP contribution < -0.4 is 4.74 Å². The van der Waals surface area contributed by atoms with E-state index in [1.54, 1.807) is 55.7 Å². The Kier molecular flexibility index (Phi) is 4.37. The third kappa shape index (κ3) is 3.38. The molecule has 0 aliphatic carbocycles. The van der Waals surface area contributed by atoms with Gasteiger partial charge in [-0.25, -0.2) is 9.79 Å². The molecule has 1 aliphatic rings. The number of hydrogen-bond acceptors (Lipinski definition) is 4. The maximum atomic E-state index is 12.0. The summed E-state index contributed by atoms with van der Waals surface area (Å²) in [6.45, 7) is 0. The Balaban J connectivity index is 1.94. The van der Waals surface area contributed by atoms with Crippen molar-refractivity contribution in [1.29, 1.82) is 0 Å². The number of halogens is 2. The molecule has 3 rings (SSSR count). The fourth-order valence-electron chi connectivity index (χ4n) is 2.05. The van der Waals surface area contributed by atoms with E-state index in [0.29, 0.717) is 26.9 Å². The van der Waals surface area contributed by atoms with E-state index in [1.165, 1.54) is 0 Å². The topological polar surface area (TPSA) is 47.9 Å². The van der Waals surface area contributed by atoms with Gasteiger partial charge in [0.15, 0.2) is 5.70 Å². The highest BCUT2D eigenvalue weighted by atomic mass is 35.5. The van der Waals surface area contributed by atoms with Crippen LogP contribution in [0.5, 0.6) is 5.75 Å². The molecule has 0 radical (unpaired) electrons. The SMILES string of the molecule is COc1cccc(C2=N/C(=C/c3ccc(Cl)c(Cl)c3)C(=O)O2)c1. The van der Waals surface area contributed by atoms with Gasteiger partial charge < -0.3 is 9.47 Å². The van der Waals surface area contributed by atoms with Crippen LogP contribution in [0.2, 0.25) is 10.0 Å². The second-order valence-electron chi connectivity index (χ2n) is 4.74. The number of ether oxygens (including phenoxy) is 2. The number of aliphatic imine (C=N–C) groups is 1. The molecule has 0 amide bonds. The molecule has 116 valence electrons. The Hall–Kier alpha value is -2.30. The van der Waals surface area contributed by atoms with E-state index < -0.39 is 5.97 Å². The van der Waals surface area contributed by atoms with Gasteiger partial charge in [0.1, 0.15) is 5.75 Å². The number of benzene rings is 2. The van der Waals surface area contributed by atoms with Crippen molar-refractivity contribution in [3.63, 3.8) is 0 Å². The smallest absolute Gasteiger partial charge is 0.363 e. The van der Waals surface area contributed by atoms with Crippen LogP contribution in [-0.2, 0) is 9.53 Å². The van der Waals surface area contributed by atoms with E-state index in [0.717, 1.165) is 0 Å². The third-order valence-corrected chi connectivity index (χ3v) is 3.92. The number of cyclic esters (lactones) is 1. The number of hydrogen-bond donors (Lipinski definition) is 0. The van der Waals surface area contributed by atoms with Gasteiger partial charge in [-0.3, -0.25) is 0 Å². The lowest BCUT2D eigenvalue weighted by Crippen LogP contribution is -2.05. The van der Waals surface area contributed by atoms with E-state index >= 15 is 0 Å². The van der Waals surface area contributed by atoms with E-state index in [2.05, 4.69) is 4.99 Å². The predicted molar refractivity (Wildman–Crippen MR) is 90.1 cm³/mol. The van der Waals surface area contributed by atoms with E-state index in [1.807, 2.05) is 0 Å². The molecule has 0 unspecified atom stereocenters. The number of rotatable bonds is 3. The molecule has 2 aromatic carbocycles. The second-order valence-corrected chi connectivity index (χ2v) is 5.56. The third-order valence-electron chi connectivity index (χ3n) is 3.18. The molecule has 4 nitrogen and oxygen atoms in total. The molecule has 0 N–H and O–H groups in total. The lowest BCUT2D eigenvalue weighted by atomic mass is 10.2. The maximum Gasteiger partial charge on any atom is 0.363 e. The monoisotopic (exact) mass is 347 g/mol. The molecular formula is C17H11Cl2NO3. The summed E-state index contributed by atoms with van der Waals surface area (Å²) in [6, 6.07) is 12.2. The van der Waals surface area contributed by atoms with E-state index in [-0.39, 0.29) is 11.6 Å². The molecule has 0 saturated carbocycles. The molecule has 0 spiro atoms. The van der Waals surface area contributed by atoms with Crippen molar-refractivity contribution in [2.24, 2.45) is 4.99 Å². The number of nitrogens with zero attached hydrogens (tertiary/aromatic N) is 1. The van der Waals surface area contributed by atoms with Gasteiger partial charge in [-0.2, -0.15) is 0 Å². The number of carbonyl (C=O) groups excluding carboxylic acids is 1. The van der Waals surface area contributed by atoms with Crippen LogP contribution in [0, 0.1) is 0 Å². The Bertz CT molecular complexity index is 843. The van der Waals surface area contributed by atoms with Crippen molar-refractivity contribution in [1.82, 2.24) is 0 Å². The number of methoxy groups -OCH3 is 1. The molecule has 2 aromatic rings. The molecular weight excluding hydrogens is 337 g/mol. The largest absolute Gasteiger partial charge is 0.497 e. The van der Waals surface area contributed by atoms with Gasteiger partial charge in [0.2, 0.25) is 5.90 Å². The molecule has 0 bridgehead atoms. The molecule has 6 heteroatoms. The quantitative estimate of drug-likeness (QED) is 0.612. The van der Waals surface area contributed by atoms with Crippen molar-refractivity contribution in [2.45, 2.75) is 0 Å². The minimum atomic E-state index is -0.520. The van der Waals surface area contributed by atoms with Gasteiger partial charge in [0, 0.05) is 5.56 Å². The first-order valence-corrected chi connectivity index (χ1v) is 7.44. The average molecular weight is 348 g/mol. The molecule has 0 fully saturated rings. The zero-order valence-electron chi connectivity index (χ0n) is 12.0. The Morgan fingerprint density at radius 3 is 2.70 bits per heavy atom. The molecule has 1 aliphatic heterocycles. The van der Waals surface area contributed by atoms with Crippen molar-refractivity contribution >= 4 is 41.1 Å². The molecule has 23 heavy (non-hydrogen) atoms. The van der Waals surface area contributed by atoms with Crippen molar-refractivity contribution in [2.75, 3.05) is 7.11 Å². The average Bonchev–Trinajstić information content (AvgIpc) is 2.92. The van der Waals surface area contributed by atoms with Gasteiger partial charge in [-0.15, -0.1) is 0 Å². The minimum absolute atomic E-state index is 0.196. The summed E-state index contributed by atoms with van der Waals surface area (Å²) in [5.41, 5.74) is 1.57. The highest BCUT2D eigenvalue weighted by Crippen LogP contribution is 2.26. The summed E-state index contributed by atoms with van der Waals surface area (Å²) in [6.07, 6.45) is 1.59. The summed E-state index contributed by atoms with van der Waals surface area (Å²) in [4.78, 5) is 16.2. The number of esters is 1. The van der Waals surface area contributed by atoms with Crippen LogP contribution in [0.4, 0.5) is 0 Å². The van der Waals surface area contributed by atoms with Gasteiger partial charge in [-0.1, -0.05) is 35.3 Å². The van der Waals surface area contributed by atoms with Crippen molar-refractivity contribution in [3.05, 3.63) is 69.3 Å². The minimum Gasteiger partial charge on any atom is -0.497 e. The molecule has 0 aromatic heterocycles. The van der Waals surface area contributed by atoms with Crippen LogP contribution >= 0.6 is 23.2 Å². The summed E-state index contributed by atoms with van der Waals surface area (Å²) < 4.78 is 10.4. The lowest BCUT2D eigenvalue weighted by molar-refractivity contribution is -0.129.